The normalized spacial score (nSPS) is 15.0. The highest BCUT2D eigenvalue weighted by Crippen LogP contribution is 2.28. The van der Waals surface area contributed by atoms with Crippen LogP contribution in [0.5, 0.6) is 6.01 Å². The number of carbonyl (C=O) groups excluding carboxylic acids is 2. The maximum Gasteiger partial charge on any atom is 0.328 e. The third-order valence-electron chi connectivity index (χ3n) is 15.3. The standard InChI is InChI=1S/C60H103N7O5/c1-6-9-12-14-16-18-20-22-24-26-28-32-43-65(4)52-39-41-53(42-40-52)66(44-33-29-27-25-23-21-19-17-15-13-10-7-2)45-34-30-31-38-54(68)61-57-56-58(64-59(63-57)72-46-11-8-3)67(60(70)62-56)49-51-37-35-36-50(47-51)48-55(69)71-5/h35-37,47,52-53H,6-34,38-46,48-49H2,1-5H3,(H,62,70)(H,61,63,64,68). The molecule has 72 heavy (non-hydrogen) atoms. The van der Waals surface area contributed by atoms with Gasteiger partial charge in [0, 0.05) is 18.5 Å². The number of aromatic nitrogens is 4. The predicted molar refractivity (Wildman–Crippen MR) is 299 cm³/mol. The molecule has 0 unspecified atom stereocenters. The lowest BCUT2D eigenvalue weighted by molar-refractivity contribution is -0.139. The molecular weight excluding hydrogens is 899 g/mol. The topological polar surface area (TPSA) is 135 Å². The van der Waals surface area contributed by atoms with Gasteiger partial charge in [-0.1, -0.05) is 199 Å². The molecule has 0 spiro atoms. The predicted octanol–water partition coefficient (Wildman–Crippen LogP) is 14.5. The van der Waals surface area contributed by atoms with Crippen molar-refractivity contribution >= 4 is 28.9 Å². The molecule has 408 valence electrons. The summed E-state index contributed by atoms with van der Waals surface area (Å²) >= 11 is 0. The molecule has 2 aromatic heterocycles. The van der Waals surface area contributed by atoms with E-state index in [-0.39, 0.29) is 42.4 Å². The van der Waals surface area contributed by atoms with E-state index in [1.165, 1.54) is 205 Å². The first-order valence-electron chi connectivity index (χ1n) is 29.8. The number of anilines is 1. The molecule has 0 bridgehead atoms. The maximum absolute atomic E-state index is 13.5. The Morgan fingerprint density at radius 2 is 1.15 bits per heavy atom. The van der Waals surface area contributed by atoms with Crippen molar-refractivity contribution in [1.29, 1.82) is 0 Å². The van der Waals surface area contributed by atoms with E-state index in [0.717, 1.165) is 49.8 Å². The van der Waals surface area contributed by atoms with Crippen molar-refractivity contribution in [3.05, 3.63) is 45.9 Å². The first-order valence-corrected chi connectivity index (χ1v) is 29.8. The number of carbonyl (C=O) groups is 2. The lowest BCUT2D eigenvalue weighted by atomic mass is 9.88. The Kier molecular flexibility index (Phi) is 32.0. The molecule has 2 heterocycles. The number of rotatable bonds is 43. The lowest BCUT2D eigenvalue weighted by Gasteiger charge is -2.40. The number of H-pyrrole nitrogens is 1. The molecule has 4 rings (SSSR count). The number of aromatic amines is 1. The second-order valence-corrected chi connectivity index (χ2v) is 21.5. The largest absolute Gasteiger partial charge is 0.469 e. The molecule has 3 aromatic rings. The smallest absolute Gasteiger partial charge is 0.328 e. The van der Waals surface area contributed by atoms with Gasteiger partial charge in [-0.05, 0) is 95.6 Å². The van der Waals surface area contributed by atoms with E-state index in [1.807, 2.05) is 24.3 Å². The second kappa shape index (κ2) is 37.9. The van der Waals surface area contributed by atoms with Gasteiger partial charge in [-0.3, -0.25) is 14.2 Å². The van der Waals surface area contributed by atoms with Crippen molar-refractivity contribution in [2.45, 2.75) is 264 Å². The molecule has 1 fully saturated rings. The van der Waals surface area contributed by atoms with Crippen LogP contribution in [0.4, 0.5) is 5.82 Å². The van der Waals surface area contributed by atoms with Crippen molar-refractivity contribution in [2.75, 3.05) is 45.7 Å². The van der Waals surface area contributed by atoms with Crippen LogP contribution < -0.4 is 15.7 Å². The molecular formula is C60H103N7O5. The average Bonchev–Trinajstić information content (AvgIpc) is 3.70. The Hall–Kier alpha value is -3.77. The van der Waals surface area contributed by atoms with Crippen molar-refractivity contribution in [2.24, 2.45) is 0 Å². The minimum atomic E-state index is -0.373. The molecule has 12 heteroatoms. The summed E-state index contributed by atoms with van der Waals surface area (Å²) in [5.74, 6) is -0.227. The highest BCUT2D eigenvalue weighted by atomic mass is 16.5. The number of nitrogens with one attached hydrogen (secondary N) is 2. The minimum Gasteiger partial charge on any atom is -0.469 e. The van der Waals surface area contributed by atoms with E-state index in [4.69, 9.17) is 9.47 Å². The van der Waals surface area contributed by atoms with Crippen molar-refractivity contribution in [1.82, 2.24) is 29.3 Å². The summed E-state index contributed by atoms with van der Waals surface area (Å²) in [5.41, 5.74) is 1.95. The highest BCUT2D eigenvalue weighted by Gasteiger charge is 2.27. The molecule has 1 aromatic carbocycles. The number of hydrogen-bond acceptors (Lipinski definition) is 9. The van der Waals surface area contributed by atoms with Crippen molar-refractivity contribution in [3.8, 4) is 6.01 Å². The molecule has 0 saturated heterocycles. The number of hydrogen-bond donors (Lipinski definition) is 2. The number of methoxy groups -OCH3 is 1. The first-order chi connectivity index (χ1) is 35.3. The van der Waals surface area contributed by atoms with E-state index in [9.17, 15) is 14.4 Å². The van der Waals surface area contributed by atoms with Gasteiger partial charge in [0.15, 0.2) is 11.5 Å². The zero-order valence-corrected chi connectivity index (χ0v) is 46.5. The van der Waals surface area contributed by atoms with Gasteiger partial charge < -0.3 is 29.6 Å². The van der Waals surface area contributed by atoms with Crippen LogP contribution in [0.15, 0.2) is 29.1 Å². The fourth-order valence-corrected chi connectivity index (χ4v) is 10.7. The molecule has 1 aliphatic carbocycles. The number of imidazole rings is 1. The lowest BCUT2D eigenvalue weighted by Crippen LogP contribution is -2.44. The maximum atomic E-state index is 13.5. The van der Waals surface area contributed by atoms with Crippen LogP contribution in [0, 0.1) is 0 Å². The van der Waals surface area contributed by atoms with Crippen LogP contribution in [-0.4, -0.2) is 93.7 Å². The van der Waals surface area contributed by atoms with Crippen LogP contribution in [0.2, 0.25) is 0 Å². The number of nitrogens with zero attached hydrogens (tertiary/aromatic N) is 5. The first kappa shape index (κ1) is 60.8. The number of unbranched alkanes of at least 4 members (excludes halogenated alkanes) is 25. The van der Waals surface area contributed by atoms with Crippen LogP contribution in [-0.2, 0) is 27.3 Å². The number of benzene rings is 1. The Balaban J connectivity index is 1.25. The highest BCUT2D eigenvalue weighted by molar-refractivity contribution is 5.97. The van der Waals surface area contributed by atoms with Crippen LogP contribution in [0.1, 0.15) is 250 Å². The quantitative estimate of drug-likeness (QED) is 0.0420. The monoisotopic (exact) mass is 1000 g/mol. The van der Waals surface area contributed by atoms with Gasteiger partial charge in [0.2, 0.25) is 5.91 Å². The second-order valence-electron chi connectivity index (χ2n) is 21.5. The van der Waals surface area contributed by atoms with E-state index in [1.54, 1.807) is 0 Å². The molecule has 1 amide bonds. The van der Waals surface area contributed by atoms with E-state index in [2.05, 4.69) is 57.9 Å². The summed E-state index contributed by atoms with van der Waals surface area (Å²) in [6, 6.07) is 8.99. The van der Waals surface area contributed by atoms with Gasteiger partial charge in [0.05, 0.1) is 26.7 Å². The summed E-state index contributed by atoms with van der Waals surface area (Å²) in [4.78, 5) is 56.5. The van der Waals surface area contributed by atoms with Crippen LogP contribution in [0.25, 0.3) is 11.2 Å². The molecule has 1 aliphatic rings. The van der Waals surface area contributed by atoms with Gasteiger partial charge in [0.25, 0.3) is 0 Å². The van der Waals surface area contributed by atoms with Crippen LogP contribution in [0.3, 0.4) is 0 Å². The zero-order valence-electron chi connectivity index (χ0n) is 46.5. The minimum absolute atomic E-state index is 0.118. The fourth-order valence-electron chi connectivity index (χ4n) is 10.7. The third-order valence-corrected chi connectivity index (χ3v) is 15.3. The third kappa shape index (κ3) is 24.5. The molecule has 12 nitrogen and oxygen atoms in total. The molecule has 0 aliphatic heterocycles. The number of amides is 1. The van der Waals surface area contributed by atoms with E-state index < -0.39 is 0 Å². The summed E-state index contributed by atoms with van der Waals surface area (Å²) < 4.78 is 12.3. The Labute approximate surface area is 437 Å². The van der Waals surface area contributed by atoms with Crippen LogP contribution >= 0.6 is 0 Å². The van der Waals surface area contributed by atoms with Crippen molar-refractivity contribution in [3.63, 3.8) is 0 Å². The zero-order chi connectivity index (χ0) is 51.4. The Morgan fingerprint density at radius 3 is 1.71 bits per heavy atom. The molecule has 1 saturated carbocycles. The molecule has 2 N–H and O–H groups in total. The molecule has 0 radical (unpaired) electrons. The molecule has 0 atom stereocenters. The van der Waals surface area contributed by atoms with Crippen molar-refractivity contribution < 1.29 is 19.1 Å². The average molecular weight is 1000 g/mol. The van der Waals surface area contributed by atoms with E-state index in [0.29, 0.717) is 36.3 Å². The Bertz CT molecular complexity index is 1940. The summed E-state index contributed by atoms with van der Waals surface area (Å²) in [6.45, 7) is 10.8. The SMILES string of the molecule is CCCCCCCCCCCCCCN(C)C1CCC(N(CCCCCCCCCCCCCC)CCCCCC(=O)Nc2nc(OCCCC)nc3c2[nH]c(=O)n3Cc2cccc(CC(=O)OC)c2)CC1. The van der Waals surface area contributed by atoms with Gasteiger partial charge >= 0.3 is 17.7 Å². The van der Waals surface area contributed by atoms with Gasteiger partial charge in [-0.25, -0.2) is 4.79 Å². The van der Waals surface area contributed by atoms with Gasteiger partial charge in [-0.2, -0.15) is 9.97 Å². The number of fused-ring (bicyclic) bond motifs is 1. The van der Waals surface area contributed by atoms with Gasteiger partial charge in [0.1, 0.15) is 5.52 Å². The summed E-state index contributed by atoms with van der Waals surface area (Å²) in [5, 5.41) is 3.00. The van der Waals surface area contributed by atoms with E-state index >= 15 is 0 Å². The summed E-state index contributed by atoms with van der Waals surface area (Å²) in [7, 11) is 3.75. The van der Waals surface area contributed by atoms with Gasteiger partial charge in [-0.15, -0.1) is 0 Å². The number of ether oxygens (including phenoxy) is 2. The number of esters is 1. The summed E-state index contributed by atoms with van der Waals surface area (Å²) in [6.07, 6.45) is 43.6. The fraction of sp³-hybridized carbons (Fsp3) is 0.783. The Morgan fingerprint density at radius 1 is 0.653 bits per heavy atom.